The van der Waals surface area contributed by atoms with Gasteiger partial charge >= 0.3 is 6.09 Å². The van der Waals surface area contributed by atoms with E-state index in [9.17, 15) is 0 Å². The maximum Gasteiger partial charge on any atom is 0.589 e. The zero-order valence-corrected chi connectivity index (χ0v) is 6.20. The summed E-state index contributed by atoms with van der Waals surface area (Å²) in [5.41, 5.74) is 7.30. The molecule has 0 unspecified atom stereocenters. The van der Waals surface area contributed by atoms with Crippen LogP contribution < -0.4 is 0 Å². The van der Waals surface area contributed by atoms with Gasteiger partial charge in [0.2, 0.25) is 0 Å². The molecule has 1 N–H and O–H groups in total. The second kappa shape index (κ2) is 3.08. The minimum atomic E-state index is -0.644. The van der Waals surface area contributed by atoms with Gasteiger partial charge in [0.05, 0.1) is 5.11 Å². The molecule has 0 radical (unpaired) electrons. The lowest BCUT2D eigenvalue weighted by Crippen LogP contribution is -2.22. The van der Waals surface area contributed by atoms with Gasteiger partial charge in [-0.15, -0.1) is 0 Å². The molecule has 0 fully saturated rings. The van der Waals surface area contributed by atoms with Gasteiger partial charge in [-0.1, -0.05) is 0 Å². The molecule has 0 heterocycles. The van der Waals surface area contributed by atoms with E-state index in [-0.39, 0.29) is 0 Å². The lowest BCUT2D eigenvalue weighted by Gasteiger charge is -2.07. The Morgan fingerprint density at radius 2 is 2.10 bits per heavy atom. The van der Waals surface area contributed by atoms with Gasteiger partial charge in [-0.25, -0.2) is 0 Å². The molecule has 0 saturated heterocycles. The molecule has 10 heavy (non-hydrogen) atoms. The van der Waals surface area contributed by atoms with Crippen molar-refractivity contribution in [2.24, 2.45) is 5.11 Å². The van der Waals surface area contributed by atoms with Gasteiger partial charge in [0.15, 0.2) is 5.60 Å². The maximum absolute atomic E-state index is 8.66. The average Bonchev–Trinajstić information content (AvgIpc) is 1.59. The Balaban J connectivity index is 3.92. The summed E-state index contributed by atoms with van der Waals surface area (Å²) in [4.78, 5) is 11.0. The van der Waals surface area contributed by atoms with Crippen LogP contribution in [0.1, 0.15) is 20.8 Å². The number of azide groups is 1. The van der Waals surface area contributed by atoms with E-state index in [1.165, 1.54) is 0 Å². The molecule has 0 atom stereocenters. The van der Waals surface area contributed by atoms with Crippen LogP contribution in [0.2, 0.25) is 0 Å². The zero-order valence-electron chi connectivity index (χ0n) is 6.20. The van der Waals surface area contributed by atoms with E-state index < -0.39 is 11.7 Å². The van der Waals surface area contributed by atoms with Crippen LogP contribution in [0.25, 0.3) is 10.4 Å². The lowest BCUT2D eigenvalue weighted by molar-refractivity contribution is 0.0992. The van der Waals surface area contributed by atoms with E-state index in [1.54, 1.807) is 20.8 Å². The normalized spacial score (nSPS) is 9.90. The highest BCUT2D eigenvalue weighted by molar-refractivity contribution is 5.69. The molecule has 0 aliphatic carbocycles. The molecule has 0 rings (SSSR count). The summed E-state index contributed by atoms with van der Waals surface area (Å²) >= 11 is 0. The van der Waals surface area contributed by atoms with E-state index in [0.29, 0.717) is 0 Å². The molecule has 0 aliphatic heterocycles. The minimum absolute atomic E-state index is 0.529. The maximum atomic E-state index is 8.66. The second-order valence-electron chi connectivity index (χ2n) is 2.69. The van der Waals surface area contributed by atoms with Crippen molar-refractivity contribution < 1.29 is 9.53 Å². The third-order valence-electron chi connectivity index (χ3n) is 0.528. The first-order valence-electron chi connectivity index (χ1n) is 2.76. The summed E-state index contributed by atoms with van der Waals surface area (Å²) in [6.45, 7) is 5.20. The molecule has 0 aliphatic rings. The predicted molar refractivity (Wildman–Crippen MR) is 36.9 cm³/mol. The SMILES string of the molecule is CC(C)(C)OC(=[OH+])N=[N+]=[N-]. The number of hydrogen-bond acceptors (Lipinski definition) is 1. The van der Waals surface area contributed by atoms with Crippen molar-refractivity contribution in [2.45, 2.75) is 26.4 Å². The van der Waals surface area contributed by atoms with Crippen LogP contribution in [0, 0.1) is 0 Å². The summed E-state index contributed by atoms with van der Waals surface area (Å²) in [5, 5.41) is 2.84. The molecule has 0 saturated carbocycles. The van der Waals surface area contributed by atoms with Crippen molar-refractivity contribution in [2.75, 3.05) is 0 Å². The van der Waals surface area contributed by atoms with Gasteiger partial charge in [0.25, 0.3) is 0 Å². The molecular weight excluding hydrogens is 134 g/mol. The van der Waals surface area contributed by atoms with E-state index in [4.69, 9.17) is 15.1 Å². The summed E-state index contributed by atoms with van der Waals surface area (Å²) in [6.07, 6.45) is -0.644. The Morgan fingerprint density at radius 3 is 2.40 bits per heavy atom. The monoisotopic (exact) mass is 144 g/mol. The van der Waals surface area contributed by atoms with Crippen molar-refractivity contribution in [3.05, 3.63) is 10.4 Å². The van der Waals surface area contributed by atoms with Crippen LogP contribution in [0.3, 0.4) is 0 Å². The van der Waals surface area contributed by atoms with Crippen LogP contribution in [0.4, 0.5) is 0 Å². The Hall–Kier alpha value is -1.22. The average molecular weight is 144 g/mol. The molecule has 56 valence electrons. The smallest absolute Gasteiger partial charge is 0.333 e. The molecule has 1 amide bonds. The van der Waals surface area contributed by atoms with E-state index in [2.05, 4.69) is 10.0 Å². The third-order valence-corrected chi connectivity index (χ3v) is 0.528. The van der Waals surface area contributed by atoms with Crippen molar-refractivity contribution in [1.29, 1.82) is 0 Å². The van der Waals surface area contributed by atoms with Crippen LogP contribution >= 0.6 is 0 Å². The first-order chi connectivity index (χ1) is 4.45. The number of amides is 1. The number of carbonyl (C=O) groups excluding carboxylic acids is 1. The van der Waals surface area contributed by atoms with Crippen molar-refractivity contribution >= 4 is 6.09 Å². The molecule has 0 spiro atoms. The molecule has 5 heteroatoms. The van der Waals surface area contributed by atoms with Gasteiger partial charge in [0, 0.05) is 25.7 Å². The number of hydrogen-bond donors (Lipinski definition) is 0. The summed E-state index contributed by atoms with van der Waals surface area (Å²) in [6, 6.07) is 0. The fourth-order valence-electron chi connectivity index (χ4n) is 0.333. The lowest BCUT2D eigenvalue weighted by atomic mass is 10.2. The largest absolute Gasteiger partial charge is 0.589 e. The van der Waals surface area contributed by atoms with Crippen LogP contribution in [-0.4, -0.2) is 16.5 Å². The van der Waals surface area contributed by atoms with Crippen LogP contribution in [0.15, 0.2) is 5.11 Å². The first-order valence-corrected chi connectivity index (χ1v) is 2.76. The van der Waals surface area contributed by atoms with Gasteiger partial charge in [-0.05, 0) is 5.53 Å². The Morgan fingerprint density at radius 1 is 1.60 bits per heavy atom. The quantitative estimate of drug-likeness (QED) is 0.220. The molecular formula is C5H10N3O2+. The summed E-state index contributed by atoms with van der Waals surface area (Å²) in [5.74, 6) is 0. The van der Waals surface area contributed by atoms with Gasteiger partial charge in [-0.3, -0.25) is 0 Å². The van der Waals surface area contributed by atoms with Crippen LogP contribution in [0.5, 0.6) is 0 Å². The Bertz CT molecular complexity index is 176. The van der Waals surface area contributed by atoms with Gasteiger partial charge < -0.3 is 9.53 Å². The number of ether oxygens (including phenoxy) is 1. The number of nitrogens with zero attached hydrogens (tertiary/aromatic N) is 3. The van der Waals surface area contributed by atoms with E-state index >= 15 is 0 Å². The number of rotatable bonds is 0. The Kier molecular flexibility index (Phi) is 2.70. The van der Waals surface area contributed by atoms with E-state index in [1.807, 2.05) is 0 Å². The summed E-state index contributed by atoms with van der Waals surface area (Å²) < 4.78 is 4.73. The first kappa shape index (κ1) is 8.78. The summed E-state index contributed by atoms with van der Waals surface area (Å²) in [7, 11) is 0. The van der Waals surface area contributed by atoms with Gasteiger partial charge in [-0.2, -0.15) is 0 Å². The predicted octanol–water partition coefficient (Wildman–Crippen LogP) is 1.57. The Labute approximate surface area is 58.6 Å². The molecule has 0 aromatic heterocycles. The fourth-order valence-corrected chi connectivity index (χ4v) is 0.333. The topological polar surface area (TPSA) is 79.4 Å². The van der Waals surface area contributed by atoms with Gasteiger partial charge in [0.1, 0.15) is 0 Å². The highest BCUT2D eigenvalue weighted by Gasteiger charge is 2.23. The molecule has 5 nitrogen and oxygen atoms in total. The second-order valence-corrected chi connectivity index (χ2v) is 2.69. The standard InChI is InChI=1S/C5H9N3O2/c1-5(2,3)10-4(9)7-8-6/h1-3H3/p+1. The molecule has 0 aromatic rings. The minimum Gasteiger partial charge on any atom is -0.333 e. The zero-order chi connectivity index (χ0) is 8.20. The van der Waals surface area contributed by atoms with E-state index in [0.717, 1.165) is 0 Å². The van der Waals surface area contributed by atoms with Crippen molar-refractivity contribution in [3.63, 3.8) is 0 Å². The highest BCUT2D eigenvalue weighted by atomic mass is 16.6. The van der Waals surface area contributed by atoms with Crippen molar-refractivity contribution in [3.8, 4) is 0 Å². The van der Waals surface area contributed by atoms with Crippen molar-refractivity contribution in [1.82, 2.24) is 0 Å². The highest BCUT2D eigenvalue weighted by Crippen LogP contribution is 2.06. The fraction of sp³-hybridized carbons (Fsp3) is 0.800. The third kappa shape index (κ3) is 4.93. The molecule has 0 aromatic carbocycles. The molecule has 0 bridgehead atoms. The van der Waals surface area contributed by atoms with Crippen LogP contribution in [-0.2, 0) is 4.74 Å².